The fourth-order valence-corrected chi connectivity index (χ4v) is 1.90. The zero-order chi connectivity index (χ0) is 6.85. The highest BCUT2D eigenvalue weighted by Gasteiger charge is 2.31. The van der Waals surface area contributed by atoms with E-state index in [1.165, 1.54) is 0 Å². The average molecular weight is 156 g/mol. The Morgan fingerprint density at radius 2 is 2.11 bits per heavy atom. The van der Waals surface area contributed by atoms with Gasteiger partial charge in [-0.1, -0.05) is 0 Å². The van der Waals surface area contributed by atoms with Gasteiger partial charge in [-0.3, -0.25) is 0 Å². The molecule has 1 saturated heterocycles. The van der Waals surface area contributed by atoms with Crippen molar-refractivity contribution in [2.75, 3.05) is 5.75 Å². The summed E-state index contributed by atoms with van der Waals surface area (Å²) in [6, 6.07) is 0. The lowest BCUT2D eigenvalue weighted by atomic mass is 10.1. The molecule has 0 radical (unpaired) electrons. The van der Waals surface area contributed by atoms with Crippen LogP contribution in [0.15, 0.2) is 0 Å². The first-order valence-corrected chi connectivity index (χ1v) is 3.79. The monoisotopic (exact) mass is 156 g/mol. The maximum Gasteiger partial charge on any atom is 0.242 e. The quantitative estimate of drug-likeness (QED) is 0.561. The molecule has 1 fully saturated rings. The summed E-state index contributed by atoms with van der Waals surface area (Å²) < 4.78 is 35.6. The minimum absolute atomic E-state index is 0.0301. The van der Waals surface area contributed by atoms with Crippen molar-refractivity contribution in [3.05, 3.63) is 0 Å². The van der Waals surface area contributed by atoms with Crippen LogP contribution in [0, 0.1) is 5.92 Å². The zero-order valence-electron chi connectivity index (χ0n) is 4.69. The van der Waals surface area contributed by atoms with Crippen LogP contribution < -0.4 is 0 Å². The summed E-state index contributed by atoms with van der Waals surface area (Å²) in [5, 5.41) is 0. The van der Waals surface area contributed by atoms with Crippen molar-refractivity contribution >= 4 is 11.8 Å². The molecule has 1 aliphatic heterocycles. The standard InChI is InChI=1S/C5H7F3S/c6-4-1-3(2-9-4)5(7)8/h3-5H,1-2H2. The molecule has 0 nitrogen and oxygen atoms in total. The Morgan fingerprint density at radius 3 is 2.33 bits per heavy atom. The second-order valence-corrected chi connectivity index (χ2v) is 3.25. The van der Waals surface area contributed by atoms with E-state index in [4.69, 9.17) is 0 Å². The molecule has 1 heterocycles. The third-order valence-corrected chi connectivity index (χ3v) is 2.51. The number of thioether (sulfide) groups is 1. The lowest BCUT2D eigenvalue weighted by Crippen LogP contribution is -2.09. The Kier molecular flexibility index (Phi) is 2.27. The molecule has 1 aliphatic rings. The molecule has 2 atom stereocenters. The van der Waals surface area contributed by atoms with E-state index >= 15 is 0 Å². The summed E-state index contributed by atoms with van der Waals surface area (Å²) >= 11 is 0.987. The summed E-state index contributed by atoms with van der Waals surface area (Å²) in [6.07, 6.45) is -2.30. The van der Waals surface area contributed by atoms with Gasteiger partial charge in [0.05, 0.1) is 0 Å². The van der Waals surface area contributed by atoms with E-state index in [1.807, 2.05) is 0 Å². The van der Waals surface area contributed by atoms with Gasteiger partial charge in [0.1, 0.15) is 5.50 Å². The van der Waals surface area contributed by atoms with E-state index < -0.39 is 17.8 Å². The molecule has 0 spiro atoms. The third-order valence-electron chi connectivity index (χ3n) is 1.34. The molecule has 0 N–H and O–H groups in total. The molecule has 2 unspecified atom stereocenters. The molecule has 0 aliphatic carbocycles. The Balaban J connectivity index is 2.30. The predicted molar refractivity (Wildman–Crippen MR) is 31.5 cm³/mol. The second kappa shape index (κ2) is 2.82. The molecule has 0 bridgehead atoms. The Hall–Kier alpha value is 0.140. The van der Waals surface area contributed by atoms with Crippen LogP contribution in [0.4, 0.5) is 13.2 Å². The molecular formula is C5H7F3S. The Bertz CT molecular complexity index is 96.2. The van der Waals surface area contributed by atoms with Gasteiger partial charge in [0, 0.05) is 11.7 Å². The maximum absolute atomic E-state index is 12.2. The SMILES string of the molecule is FC1CC(C(F)F)CS1. The third kappa shape index (κ3) is 1.78. The van der Waals surface area contributed by atoms with Crippen LogP contribution in [0.1, 0.15) is 6.42 Å². The number of halogens is 3. The largest absolute Gasteiger partial charge is 0.242 e. The van der Waals surface area contributed by atoms with Crippen molar-refractivity contribution in [1.82, 2.24) is 0 Å². The van der Waals surface area contributed by atoms with Crippen LogP contribution in [0.25, 0.3) is 0 Å². The van der Waals surface area contributed by atoms with Crippen LogP contribution in [0.3, 0.4) is 0 Å². The number of rotatable bonds is 1. The van der Waals surface area contributed by atoms with Crippen molar-refractivity contribution in [2.45, 2.75) is 18.3 Å². The molecule has 0 amide bonds. The first kappa shape index (κ1) is 7.25. The Morgan fingerprint density at radius 1 is 1.44 bits per heavy atom. The summed E-state index contributed by atoms with van der Waals surface area (Å²) in [5.41, 5.74) is -1.05. The maximum atomic E-state index is 12.2. The van der Waals surface area contributed by atoms with E-state index in [0.717, 1.165) is 11.8 Å². The van der Waals surface area contributed by atoms with Crippen molar-refractivity contribution < 1.29 is 13.2 Å². The summed E-state index contributed by atoms with van der Waals surface area (Å²) in [5.74, 6) is -0.427. The van der Waals surface area contributed by atoms with Gasteiger partial charge < -0.3 is 0 Å². The normalized spacial score (nSPS) is 36.0. The van der Waals surface area contributed by atoms with E-state index in [0.29, 0.717) is 0 Å². The molecular weight excluding hydrogens is 149 g/mol. The minimum atomic E-state index is -2.33. The van der Waals surface area contributed by atoms with Crippen molar-refractivity contribution in [2.24, 2.45) is 5.92 Å². The molecule has 1 rings (SSSR count). The van der Waals surface area contributed by atoms with Crippen LogP contribution in [0.2, 0.25) is 0 Å². The fraction of sp³-hybridized carbons (Fsp3) is 1.00. The first-order chi connectivity index (χ1) is 4.20. The minimum Gasteiger partial charge on any atom is -0.236 e. The topological polar surface area (TPSA) is 0 Å². The summed E-state index contributed by atoms with van der Waals surface area (Å²) in [6.45, 7) is 0. The van der Waals surface area contributed by atoms with Gasteiger partial charge in [0.25, 0.3) is 0 Å². The number of alkyl halides is 3. The van der Waals surface area contributed by atoms with E-state index in [2.05, 4.69) is 0 Å². The number of hydrogen-bond donors (Lipinski definition) is 0. The van der Waals surface area contributed by atoms with E-state index in [9.17, 15) is 13.2 Å². The summed E-state index contributed by atoms with van der Waals surface area (Å²) in [4.78, 5) is 0. The average Bonchev–Trinajstić information content (AvgIpc) is 2.14. The van der Waals surface area contributed by atoms with E-state index in [1.54, 1.807) is 0 Å². The van der Waals surface area contributed by atoms with Gasteiger partial charge in [-0.05, 0) is 6.42 Å². The van der Waals surface area contributed by atoms with Crippen molar-refractivity contribution in [1.29, 1.82) is 0 Å². The molecule has 0 aromatic rings. The van der Waals surface area contributed by atoms with Crippen LogP contribution in [0.5, 0.6) is 0 Å². The highest BCUT2D eigenvalue weighted by atomic mass is 32.2. The lowest BCUT2D eigenvalue weighted by Gasteiger charge is -2.03. The van der Waals surface area contributed by atoms with Crippen LogP contribution in [-0.4, -0.2) is 17.7 Å². The Labute approximate surface area is 55.8 Å². The highest BCUT2D eigenvalue weighted by Crippen LogP contribution is 2.35. The lowest BCUT2D eigenvalue weighted by molar-refractivity contribution is 0.0829. The highest BCUT2D eigenvalue weighted by molar-refractivity contribution is 8.00. The molecule has 0 saturated carbocycles. The van der Waals surface area contributed by atoms with Gasteiger partial charge in [-0.25, -0.2) is 13.2 Å². The van der Waals surface area contributed by atoms with Gasteiger partial charge in [0.2, 0.25) is 6.43 Å². The second-order valence-electron chi connectivity index (χ2n) is 2.07. The van der Waals surface area contributed by atoms with Gasteiger partial charge >= 0.3 is 0 Å². The smallest absolute Gasteiger partial charge is 0.236 e. The molecule has 0 aromatic carbocycles. The molecule has 0 aromatic heterocycles. The predicted octanol–water partition coefficient (Wildman–Crippen LogP) is 2.30. The first-order valence-electron chi connectivity index (χ1n) is 2.74. The van der Waals surface area contributed by atoms with Crippen molar-refractivity contribution in [3.63, 3.8) is 0 Å². The van der Waals surface area contributed by atoms with Gasteiger partial charge in [0.15, 0.2) is 0 Å². The molecule has 9 heavy (non-hydrogen) atoms. The van der Waals surface area contributed by atoms with Crippen LogP contribution >= 0.6 is 11.8 Å². The number of hydrogen-bond acceptors (Lipinski definition) is 1. The van der Waals surface area contributed by atoms with E-state index in [-0.39, 0.29) is 12.2 Å². The fourth-order valence-electron chi connectivity index (χ4n) is 0.778. The zero-order valence-corrected chi connectivity index (χ0v) is 5.50. The molecule has 4 heteroatoms. The van der Waals surface area contributed by atoms with Gasteiger partial charge in [-0.15, -0.1) is 11.8 Å². The summed E-state index contributed by atoms with van der Waals surface area (Å²) in [7, 11) is 0. The molecule has 54 valence electrons. The van der Waals surface area contributed by atoms with Gasteiger partial charge in [-0.2, -0.15) is 0 Å². The van der Waals surface area contributed by atoms with Crippen molar-refractivity contribution in [3.8, 4) is 0 Å². The van der Waals surface area contributed by atoms with Crippen LogP contribution in [-0.2, 0) is 0 Å².